The summed E-state index contributed by atoms with van der Waals surface area (Å²) in [6.07, 6.45) is 2.04. The van der Waals surface area contributed by atoms with Crippen LogP contribution in [0.3, 0.4) is 0 Å². The van der Waals surface area contributed by atoms with Crippen molar-refractivity contribution < 1.29 is 19.8 Å². The molecule has 1 aliphatic carbocycles. The lowest BCUT2D eigenvalue weighted by molar-refractivity contribution is -0.145. The number of hydrogen-bond acceptors (Lipinski definition) is 3. The van der Waals surface area contributed by atoms with E-state index < -0.39 is 29.3 Å². The van der Waals surface area contributed by atoms with Crippen molar-refractivity contribution in [3.05, 3.63) is 35.9 Å². The summed E-state index contributed by atoms with van der Waals surface area (Å²) in [6.45, 7) is 0. The van der Waals surface area contributed by atoms with E-state index in [0.717, 1.165) is 12.0 Å². The molecule has 5 nitrogen and oxygen atoms in total. The predicted molar refractivity (Wildman–Crippen MR) is 73.2 cm³/mol. The van der Waals surface area contributed by atoms with Gasteiger partial charge in [-0.2, -0.15) is 0 Å². The molecule has 0 amide bonds. The molecule has 1 saturated carbocycles. The van der Waals surface area contributed by atoms with Gasteiger partial charge in [0.05, 0.1) is 5.92 Å². The van der Waals surface area contributed by atoms with Gasteiger partial charge >= 0.3 is 11.9 Å². The summed E-state index contributed by atoms with van der Waals surface area (Å²) in [6, 6.07) is 9.76. The van der Waals surface area contributed by atoms with E-state index in [1.165, 1.54) is 0 Å². The maximum atomic E-state index is 11.4. The zero-order chi connectivity index (χ0) is 14.8. The highest BCUT2D eigenvalue weighted by Crippen LogP contribution is 2.47. The average molecular weight is 277 g/mol. The number of nitrogens with two attached hydrogens (primary N) is 1. The SMILES string of the molecule is NC(CCCc1ccccc1)(C(=O)O)[C@H]1C[C@@H]1C(=O)O. The number of carboxylic acids is 2. The van der Waals surface area contributed by atoms with Crippen molar-refractivity contribution in [1.82, 2.24) is 0 Å². The maximum absolute atomic E-state index is 11.4. The second-order valence-electron chi connectivity index (χ2n) is 5.47. The van der Waals surface area contributed by atoms with Crippen LogP contribution >= 0.6 is 0 Å². The monoisotopic (exact) mass is 277 g/mol. The third-order valence-corrected chi connectivity index (χ3v) is 4.07. The van der Waals surface area contributed by atoms with E-state index in [9.17, 15) is 14.7 Å². The second-order valence-corrected chi connectivity index (χ2v) is 5.47. The van der Waals surface area contributed by atoms with Crippen LogP contribution in [-0.2, 0) is 16.0 Å². The number of benzene rings is 1. The molecule has 1 aliphatic rings. The predicted octanol–water partition coefficient (Wildman–Crippen LogP) is 1.51. The van der Waals surface area contributed by atoms with Gasteiger partial charge in [-0.1, -0.05) is 30.3 Å². The fourth-order valence-electron chi connectivity index (χ4n) is 2.72. The number of rotatable bonds is 7. The molecule has 0 aromatic heterocycles. The molecule has 1 aromatic rings. The molecule has 0 heterocycles. The lowest BCUT2D eigenvalue weighted by atomic mass is 9.86. The quantitative estimate of drug-likeness (QED) is 0.701. The Hall–Kier alpha value is -1.88. The van der Waals surface area contributed by atoms with Crippen molar-refractivity contribution in [2.24, 2.45) is 17.6 Å². The van der Waals surface area contributed by atoms with Crippen LogP contribution in [0.5, 0.6) is 0 Å². The average Bonchev–Trinajstić information content (AvgIpc) is 3.20. The molecule has 3 atom stereocenters. The van der Waals surface area contributed by atoms with Crippen molar-refractivity contribution in [1.29, 1.82) is 0 Å². The van der Waals surface area contributed by atoms with E-state index >= 15 is 0 Å². The van der Waals surface area contributed by atoms with E-state index in [1.807, 2.05) is 30.3 Å². The van der Waals surface area contributed by atoms with Gasteiger partial charge in [-0.05, 0) is 31.2 Å². The van der Waals surface area contributed by atoms with E-state index in [2.05, 4.69) is 0 Å². The fourth-order valence-corrected chi connectivity index (χ4v) is 2.72. The topological polar surface area (TPSA) is 101 Å². The number of carboxylic acid groups (broad SMARTS) is 2. The third-order valence-electron chi connectivity index (χ3n) is 4.07. The molecule has 4 N–H and O–H groups in total. The van der Waals surface area contributed by atoms with Gasteiger partial charge in [0.25, 0.3) is 0 Å². The summed E-state index contributed by atoms with van der Waals surface area (Å²) in [4.78, 5) is 22.3. The first-order valence-electron chi connectivity index (χ1n) is 6.74. The smallest absolute Gasteiger partial charge is 0.323 e. The van der Waals surface area contributed by atoms with Crippen molar-refractivity contribution in [2.75, 3.05) is 0 Å². The number of aryl methyl sites for hydroxylation is 1. The number of carbonyl (C=O) groups is 2. The fraction of sp³-hybridized carbons (Fsp3) is 0.467. The number of aliphatic carboxylic acids is 2. The molecular weight excluding hydrogens is 258 g/mol. The minimum atomic E-state index is -1.42. The Balaban J connectivity index is 1.93. The zero-order valence-electron chi connectivity index (χ0n) is 11.2. The van der Waals surface area contributed by atoms with Crippen LogP contribution < -0.4 is 5.73 Å². The summed E-state index contributed by atoms with van der Waals surface area (Å²) in [5, 5.41) is 18.2. The standard InChI is InChI=1S/C15H19NO4/c16-15(14(19)20,12-9-11(12)13(17)18)8-4-7-10-5-2-1-3-6-10/h1-3,5-6,11-12H,4,7-9,16H2,(H,17,18)(H,19,20)/t11-,12-,15?/m0/s1. The molecule has 0 bridgehead atoms. The van der Waals surface area contributed by atoms with Crippen molar-refractivity contribution >= 4 is 11.9 Å². The lowest BCUT2D eigenvalue weighted by Crippen LogP contribution is -2.51. The van der Waals surface area contributed by atoms with E-state index in [1.54, 1.807) is 0 Å². The minimum absolute atomic E-state index is 0.297. The number of hydrogen-bond donors (Lipinski definition) is 3. The molecular formula is C15H19NO4. The molecule has 0 spiro atoms. The van der Waals surface area contributed by atoms with Crippen LogP contribution in [0, 0.1) is 11.8 Å². The Kier molecular flexibility index (Phi) is 4.09. The van der Waals surface area contributed by atoms with Gasteiger partial charge in [0.1, 0.15) is 5.54 Å². The highest BCUT2D eigenvalue weighted by Gasteiger charge is 2.57. The maximum Gasteiger partial charge on any atom is 0.323 e. The highest BCUT2D eigenvalue weighted by atomic mass is 16.4. The largest absolute Gasteiger partial charge is 0.481 e. The van der Waals surface area contributed by atoms with E-state index in [0.29, 0.717) is 19.3 Å². The van der Waals surface area contributed by atoms with Crippen LogP contribution in [-0.4, -0.2) is 27.7 Å². The Morgan fingerprint density at radius 3 is 2.40 bits per heavy atom. The highest BCUT2D eigenvalue weighted by molar-refractivity contribution is 5.83. The summed E-state index contributed by atoms with van der Waals surface area (Å²) < 4.78 is 0. The zero-order valence-corrected chi connectivity index (χ0v) is 11.2. The first kappa shape index (κ1) is 14.5. The normalized spacial score (nSPS) is 23.9. The lowest BCUT2D eigenvalue weighted by Gasteiger charge is -2.24. The first-order chi connectivity index (χ1) is 9.45. The molecule has 20 heavy (non-hydrogen) atoms. The van der Waals surface area contributed by atoms with Gasteiger partial charge in [-0.15, -0.1) is 0 Å². The summed E-state index contributed by atoms with van der Waals surface area (Å²) in [5.74, 6) is -3.10. The van der Waals surface area contributed by atoms with Gasteiger partial charge in [-0.3, -0.25) is 9.59 Å². The molecule has 0 aliphatic heterocycles. The Morgan fingerprint density at radius 2 is 1.90 bits per heavy atom. The first-order valence-corrected chi connectivity index (χ1v) is 6.74. The molecule has 1 aromatic carbocycles. The van der Waals surface area contributed by atoms with Crippen LogP contribution in [0.4, 0.5) is 0 Å². The Bertz CT molecular complexity index is 502. The Morgan fingerprint density at radius 1 is 1.25 bits per heavy atom. The van der Waals surface area contributed by atoms with E-state index in [-0.39, 0.29) is 0 Å². The summed E-state index contributed by atoms with van der Waals surface area (Å²) in [7, 11) is 0. The van der Waals surface area contributed by atoms with Gasteiger partial charge in [0.2, 0.25) is 0 Å². The minimum Gasteiger partial charge on any atom is -0.481 e. The van der Waals surface area contributed by atoms with Crippen LogP contribution in [0.1, 0.15) is 24.8 Å². The molecule has 108 valence electrons. The molecule has 0 radical (unpaired) electrons. The van der Waals surface area contributed by atoms with E-state index in [4.69, 9.17) is 10.8 Å². The molecule has 0 saturated heterocycles. The van der Waals surface area contributed by atoms with Crippen molar-refractivity contribution in [3.8, 4) is 0 Å². The Labute approximate surface area is 117 Å². The van der Waals surface area contributed by atoms with Gasteiger partial charge in [0, 0.05) is 5.92 Å². The summed E-state index contributed by atoms with van der Waals surface area (Å²) in [5.41, 5.74) is 5.69. The van der Waals surface area contributed by atoms with Crippen LogP contribution in [0.2, 0.25) is 0 Å². The molecule has 2 rings (SSSR count). The molecule has 1 unspecified atom stereocenters. The van der Waals surface area contributed by atoms with Crippen LogP contribution in [0.25, 0.3) is 0 Å². The molecule has 5 heteroatoms. The third kappa shape index (κ3) is 2.99. The van der Waals surface area contributed by atoms with Crippen molar-refractivity contribution in [3.63, 3.8) is 0 Å². The van der Waals surface area contributed by atoms with Gasteiger partial charge in [-0.25, -0.2) is 0 Å². The van der Waals surface area contributed by atoms with Gasteiger partial charge < -0.3 is 15.9 Å². The molecule has 1 fully saturated rings. The van der Waals surface area contributed by atoms with Crippen molar-refractivity contribution in [2.45, 2.75) is 31.2 Å². The van der Waals surface area contributed by atoms with Gasteiger partial charge in [0.15, 0.2) is 0 Å². The second kappa shape index (κ2) is 5.63. The van der Waals surface area contributed by atoms with Crippen LogP contribution in [0.15, 0.2) is 30.3 Å². The summed E-state index contributed by atoms with van der Waals surface area (Å²) >= 11 is 0.